The monoisotopic (exact) mass is 538 g/mol. The Morgan fingerprint density at radius 3 is 2.43 bits per heavy atom. The molecular formula is C22H23F5N2O4S2. The zero-order chi connectivity index (χ0) is 26.3. The average Bonchev–Trinajstić information content (AvgIpc) is 3.14. The molecule has 0 radical (unpaired) electrons. The molecule has 3 atom stereocenters. The summed E-state index contributed by atoms with van der Waals surface area (Å²) < 4.78 is 98.1. The summed E-state index contributed by atoms with van der Waals surface area (Å²) in [6.07, 6.45) is -5.29. The van der Waals surface area contributed by atoms with Crippen LogP contribution in [0.2, 0.25) is 0 Å². The van der Waals surface area contributed by atoms with Gasteiger partial charge in [0.05, 0.1) is 17.3 Å². The van der Waals surface area contributed by atoms with Crippen molar-refractivity contribution >= 4 is 33.4 Å². The summed E-state index contributed by atoms with van der Waals surface area (Å²) in [7, 11) is -0.122. The number of carbonyl (C=O) groups excluding carboxylic acids is 1. The second kappa shape index (κ2) is 9.58. The fourth-order valence-electron chi connectivity index (χ4n) is 3.83. The Labute approximate surface area is 203 Å². The second-order valence-corrected chi connectivity index (χ2v) is 12.2. The number of halogens is 5. The van der Waals surface area contributed by atoms with E-state index in [9.17, 15) is 35.2 Å². The number of amides is 1. The van der Waals surface area contributed by atoms with Gasteiger partial charge >= 0.3 is 6.18 Å². The third-order valence-electron chi connectivity index (χ3n) is 5.78. The molecule has 3 rings (SSSR count). The molecule has 2 aromatic rings. The molecule has 0 saturated carbocycles. The third kappa shape index (κ3) is 5.12. The van der Waals surface area contributed by atoms with Crippen LogP contribution in [-0.2, 0) is 14.8 Å². The van der Waals surface area contributed by atoms with Gasteiger partial charge in [-0.3, -0.25) is 4.79 Å². The minimum absolute atomic E-state index is 0.0511. The number of methoxy groups -OCH3 is 1. The first-order chi connectivity index (χ1) is 16.1. The van der Waals surface area contributed by atoms with Gasteiger partial charge in [0, 0.05) is 31.3 Å². The van der Waals surface area contributed by atoms with E-state index in [1.807, 2.05) is 0 Å². The van der Waals surface area contributed by atoms with Gasteiger partial charge in [0.25, 0.3) is 0 Å². The lowest BCUT2D eigenvalue weighted by atomic mass is 9.85. The van der Waals surface area contributed by atoms with Gasteiger partial charge in [-0.05, 0) is 37.6 Å². The van der Waals surface area contributed by atoms with Crippen molar-refractivity contribution in [1.29, 1.82) is 0 Å². The van der Waals surface area contributed by atoms with E-state index in [1.165, 1.54) is 38.4 Å². The minimum Gasteiger partial charge on any atom is -0.493 e. The summed E-state index contributed by atoms with van der Waals surface area (Å²) >= 11 is 0.359. The number of rotatable bonds is 6. The summed E-state index contributed by atoms with van der Waals surface area (Å²) in [5.41, 5.74) is -0.0221. The lowest BCUT2D eigenvalue weighted by Gasteiger charge is -2.26. The van der Waals surface area contributed by atoms with Gasteiger partial charge in [-0.25, -0.2) is 17.1 Å². The molecular weight excluding hydrogens is 515 g/mol. The van der Waals surface area contributed by atoms with Crippen molar-refractivity contribution in [2.45, 2.75) is 40.3 Å². The predicted octanol–water partition coefficient (Wildman–Crippen LogP) is 4.77. The number of benzene rings is 2. The summed E-state index contributed by atoms with van der Waals surface area (Å²) in [4.78, 5) is 13.1. The van der Waals surface area contributed by atoms with E-state index in [0.717, 1.165) is 30.5 Å². The molecule has 192 valence electrons. The van der Waals surface area contributed by atoms with Crippen LogP contribution >= 0.6 is 11.8 Å². The van der Waals surface area contributed by atoms with Gasteiger partial charge < -0.3 is 10.1 Å². The van der Waals surface area contributed by atoms with Crippen LogP contribution in [0, 0.1) is 11.6 Å². The van der Waals surface area contributed by atoms with Gasteiger partial charge in [-0.15, -0.1) is 11.8 Å². The van der Waals surface area contributed by atoms with Crippen LogP contribution in [0.5, 0.6) is 5.75 Å². The molecule has 0 aliphatic carbocycles. The zero-order valence-corrected chi connectivity index (χ0v) is 20.7. The Balaban J connectivity index is 2.01. The number of thioether (sulfide) groups is 1. The molecule has 1 aliphatic heterocycles. The van der Waals surface area contributed by atoms with E-state index < -0.39 is 61.8 Å². The Morgan fingerprint density at radius 1 is 1.20 bits per heavy atom. The molecule has 2 aromatic carbocycles. The molecule has 1 fully saturated rings. The van der Waals surface area contributed by atoms with Crippen LogP contribution in [-0.4, -0.2) is 56.0 Å². The molecule has 35 heavy (non-hydrogen) atoms. The number of carbonyl (C=O) groups is 1. The fourth-order valence-corrected chi connectivity index (χ4v) is 6.32. The van der Waals surface area contributed by atoms with Crippen molar-refractivity contribution < 1.29 is 39.9 Å². The highest BCUT2D eigenvalue weighted by Gasteiger charge is 2.60. The first kappa shape index (κ1) is 27.2. The summed E-state index contributed by atoms with van der Waals surface area (Å²) in [6.45, 7) is 0.939. The Kier molecular flexibility index (Phi) is 7.45. The van der Waals surface area contributed by atoms with Crippen LogP contribution in [0.25, 0.3) is 0 Å². The van der Waals surface area contributed by atoms with E-state index in [0.29, 0.717) is 11.8 Å². The lowest BCUT2D eigenvalue weighted by molar-refractivity contribution is -0.155. The summed E-state index contributed by atoms with van der Waals surface area (Å²) in [5.74, 6) is -5.20. The first-order valence-corrected chi connectivity index (χ1v) is 12.5. The molecule has 0 aromatic heterocycles. The van der Waals surface area contributed by atoms with Gasteiger partial charge in [-0.2, -0.15) is 17.6 Å². The fraction of sp³-hybridized carbons (Fsp3) is 0.409. The van der Waals surface area contributed by atoms with Gasteiger partial charge in [-0.1, -0.05) is 12.1 Å². The molecule has 1 N–H and O–H groups in total. The number of hydrogen-bond acceptors (Lipinski definition) is 5. The van der Waals surface area contributed by atoms with E-state index >= 15 is 0 Å². The highest BCUT2D eigenvalue weighted by molar-refractivity contribution is 8.02. The number of anilines is 1. The van der Waals surface area contributed by atoms with Crippen LogP contribution in [0.4, 0.5) is 27.6 Å². The average molecular weight is 539 g/mol. The van der Waals surface area contributed by atoms with E-state index in [4.69, 9.17) is 4.74 Å². The summed E-state index contributed by atoms with van der Waals surface area (Å²) in [5, 5.41) is 1.10. The Hall–Kier alpha value is -2.38. The predicted molar refractivity (Wildman–Crippen MR) is 122 cm³/mol. The zero-order valence-electron chi connectivity index (χ0n) is 19.1. The van der Waals surface area contributed by atoms with Crippen LogP contribution in [0.15, 0.2) is 41.3 Å². The standard InChI is InChI=1S/C22H23F5N2O4S2/c1-21(22(25,26)27)11-15(14-8-9-16(23)17(24)18(14)33-4)19(34-21)20(30)28-12-6-5-7-13(10-12)35(31,32)29(2)3/h5-10,15,19H,11H2,1-4H3,(H,28,30)/t15-,19+,21+/m0/s1. The van der Waals surface area contributed by atoms with Crippen molar-refractivity contribution in [3.05, 3.63) is 53.6 Å². The highest BCUT2D eigenvalue weighted by Crippen LogP contribution is 2.59. The minimum atomic E-state index is -4.70. The number of hydrogen-bond donors (Lipinski definition) is 1. The van der Waals surface area contributed by atoms with Crippen molar-refractivity contribution in [2.75, 3.05) is 26.5 Å². The lowest BCUT2D eigenvalue weighted by Crippen LogP contribution is -2.37. The van der Waals surface area contributed by atoms with Crippen LogP contribution in [0.1, 0.15) is 24.8 Å². The van der Waals surface area contributed by atoms with Crippen molar-refractivity contribution in [3.63, 3.8) is 0 Å². The molecule has 0 spiro atoms. The number of alkyl halides is 3. The van der Waals surface area contributed by atoms with Gasteiger partial charge in [0.1, 0.15) is 4.75 Å². The molecule has 13 heteroatoms. The van der Waals surface area contributed by atoms with E-state index in [-0.39, 0.29) is 16.1 Å². The van der Waals surface area contributed by atoms with Crippen molar-refractivity contribution in [1.82, 2.24) is 4.31 Å². The maximum Gasteiger partial charge on any atom is 0.403 e. The van der Waals surface area contributed by atoms with Gasteiger partial charge in [0.2, 0.25) is 21.7 Å². The smallest absolute Gasteiger partial charge is 0.403 e. The molecule has 1 aliphatic rings. The molecule has 1 heterocycles. The largest absolute Gasteiger partial charge is 0.493 e. The normalized spacial score (nSPS) is 22.9. The Bertz CT molecular complexity index is 1240. The van der Waals surface area contributed by atoms with Crippen molar-refractivity contribution in [2.24, 2.45) is 0 Å². The number of ether oxygens (including phenoxy) is 1. The molecule has 6 nitrogen and oxygen atoms in total. The first-order valence-electron chi connectivity index (χ1n) is 10.2. The van der Waals surface area contributed by atoms with Crippen LogP contribution < -0.4 is 10.1 Å². The SMILES string of the molecule is COc1c([C@@H]2C[C@](C)(C(F)(F)F)S[C@H]2C(=O)Nc2cccc(S(=O)(=O)N(C)C)c2)ccc(F)c1F. The molecule has 0 bridgehead atoms. The highest BCUT2D eigenvalue weighted by atomic mass is 32.2. The van der Waals surface area contributed by atoms with E-state index in [2.05, 4.69) is 5.32 Å². The molecule has 0 unspecified atom stereocenters. The van der Waals surface area contributed by atoms with Gasteiger partial charge in [0.15, 0.2) is 11.6 Å². The van der Waals surface area contributed by atoms with E-state index in [1.54, 1.807) is 0 Å². The van der Waals surface area contributed by atoms with Crippen LogP contribution in [0.3, 0.4) is 0 Å². The third-order valence-corrected chi connectivity index (χ3v) is 9.31. The summed E-state index contributed by atoms with van der Waals surface area (Å²) in [6, 6.07) is 7.14. The maximum atomic E-state index is 14.3. The van der Waals surface area contributed by atoms with Crippen molar-refractivity contribution in [3.8, 4) is 5.75 Å². The Morgan fingerprint density at radius 2 is 1.86 bits per heavy atom. The second-order valence-electron chi connectivity index (χ2n) is 8.37. The molecule has 1 amide bonds. The maximum absolute atomic E-state index is 14.3. The molecule has 1 saturated heterocycles. The number of nitrogens with zero attached hydrogens (tertiary/aromatic N) is 1. The number of nitrogens with one attached hydrogen (secondary N) is 1. The number of sulfonamides is 1. The topological polar surface area (TPSA) is 75.7 Å². The quantitative estimate of drug-likeness (QED) is 0.537.